The first-order valence-corrected chi connectivity index (χ1v) is 11.7. The van der Waals surface area contributed by atoms with Gasteiger partial charge in [0.15, 0.2) is 0 Å². The first-order chi connectivity index (χ1) is 18.1. The molecule has 1 atom stereocenters. The predicted molar refractivity (Wildman–Crippen MR) is 140 cm³/mol. The molecule has 9 heteroatoms. The van der Waals surface area contributed by atoms with Gasteiger partial charge in [0, 0.05) is 11.8 Å². The highest BCUT2D eigenvalue weighted by Gasteiger charge is 2.34. The summed E-state index contributed by atoms with van der Waals surface area (Å²) in [6, 6.07) is 22.3. The lowest BCUT2D eigenvalue weighted by Gasteiger charge is -2.29. The van der Waals surface area contributed by atoms with E-state index in [1.165, 1.54) is 6.33 Å². The van der Waals surface area contributed by atoms with Crippen LogP contribution in [0.5, 0.6) is 17.2 Å². The Balaban J connectivity index is 1.47. The summed E-state index contributed by atoms with van der Waals surface area (Å²) in [5.74, 6) is 2.06. The van der Waals surface area contributed by atoms with E-state index in [9.17, 15) is 4.79 Å². The molecule has 3 aromatic carbocycles. The van der Waals surface area contributed by atoms with Crippen LogP contribution in [0.4, 0.5) is 11.6 Å². The Hall–Kier alpha value is -4.79. The molecule has 0 bridgehead atoms. The lowest BCUT2D eigenvalue weighted by molar-refractivity contribution is -0.113. The van der Waals surface area contributed by atoms with E-state index in [2.05, 4.69) is 20.7 Å². The number of allylic oxidation sites excluding steroid dienone is 1. The summed E-state index contributed by atoms with van der Waals surface area (Å²) >= 11 is 0. The molecule has 9 nitrogen and oxygen atoms in total. The molecule has 0 saturated heterocycles. The van der Waals surface area contributed by atoms with Gasteiger partial charge in [0.05, 0.1) is 25.5 Å². The summed E-state index contributed by atoms with van der Waals surface area (Å²) in [5.41, 5.74) is 3.60. The second kappa shape index (κ2) is 10.4. The number of ether oxygens (including phenoxy) is 3. The predicted octanol–water partition coefficient (Wildman–Crippen LogP) is 4.80. The van der Waals surface area contributed by atoms with Crippen molar-refractivity contribution < 1.29 is 19.0 Å². The van der Waals surface area contributed by atoms with E-state index < -0.39 is 6.04 Å². The fourth-order valence-corrected chi connectivity index (χ4v) is 4.30. The van der Waals surface area contributed by atoms with Crippen molar-refractivity contribution >= 4 is 17.5 Å². The Morgan fingerprint density at radius 2 is 1.84 bits per heavy atom. The van der Waals surface area contributed by atoms with Crippen molar-refractivity contribution in [3.63, 3.8) is 0 Å². The second-order valence-electron chi connectivity index (χ2n) is 8.46. The normalized spacial score (nSPS) is 14.4. The highest BCUT2D eigenvalue weighted by atomic mass is 16.5. The van der Waals surface area contributed by atoms with Gasteiger partial charge in [-0.3, -0.25) is 4.79 Å². The number of carbonyl (C=O) groups excluding carboxylic acids is 1. The molecular formula is C28H27N5O4. The molecule has 0 spiro atoms. The van der Waals surface area contributed by atoms with Crippen molar-refractivity contribution in [2.45, 2.75) is 19.6 Å². The van der Waals surface area contributed by atoms with Crippen molar-refractivity contribution in [1.29, 1.82) is 0 Å². The average molecular weight is 498 g/mol. The van der Waals surface area contributed by atoms with Crippen LogP contribution in [0.15, 0.2) is 90.4 Å². The molecule has 0 aliphatic carbocycles. The van der Waals surface area contributed by atoms with Gasteiger partial charge in [0.1, 0.15) is 36.2 Å². The number of amides is 1. The fourth-order valence-electron chi connectivity index (χ4n) is 4.30. The third-order valence-electron chi connectivity index (χ3n) is 6.12. The molecule has 1 aliphatic heterocycles. The maximum Gasteiger partial charge on any atom is 0.255 e. The van der Waals surface area contributed by atoms with Gasteiger partial charge in [-0.05, 0) is 42.3 Å². The van der Waals surface area contributed by atoms with E-state index in [0.717, 1.165) is 11.1 Å². The van der Waals surface area contributed by atoms with E-state index >= 15 is 0 Å². The topological polar surface area (TPSA) is 99.5 Å². The van der Waals surface area contributed by atoms with Crippen LogP contribution in [-0.4, -0.2) is 34.9 Å². The van der Waals surface area contributed by atoms with Crippen LogP contribution in [-0.2, 0) is 11.4 Å². The Labute approximate surface area is 214 Å². The summed E-state index contributed by atoms with van der Waals surface area (Å²) in [6.45, 7) is 2.28. The number of nitrogens with one attached hydrogen (secondary N) is 2. The number of benzene rings is 3. The lowest BCUT2D eigenvalue weighted by atomic mass is 9.94. The Morgan fingerprint density at radius 3 is 2.62 bits per heavy atom. The van der Waals surface area contributed by atoms with Gasteiger partial charge in [-0.15, -0.1) is 0 Å². The second-order valence-corrected chi connectivity index (χ2v) is 8.46. The van der Waals surface area contributed by atoms with Crippen LogP contribution in [0.25, 0.3) is 0 Å². The van der Waals surface area contributed by atoms with Gasteiger partial charge >= 0.3 is 0 Å². The van der Waals surface area contributed by atoms with E-state index in [0.29, 0.717) is 46.8 Å². The molecule has 2 heterocycles. The standard InChI is InChI=1S/C28H27N5O4/c1-18-25(27(34)32-23-13-12-21(35-2)15-24(23)36-3)26(33-28(31-18)29-17-30-33)20-10-7-11-22(14-20)37-16-19-8-5-4-6-9-19/h4-15,17,26H,16H2,1-3H3,(H,32,34)(H,29,30,31)/t26-/m1/s1. The number of hydrogen-bond acceptors (Lipinski definition) is 7. The summed E-state index contributed by atoms with van der Waals surface area (Å²) in [4.78, 5) is 18.0. The Kier molecular flexibility index (Phi) is 6.76. The van der Waals surface area contributed by atoms with Crippen LogP contribution >= 0.6 is 0 Å². The third kappa shape index (κ3) is 4.97. The summed E-state index contributed by atoms with van der Waals surface area (Å²) in [6.07, 6.45) is 1.46. The smallest absolute Gasteiger partial charge is 0.255 e. The van der Waals surface area contributed by atoms with Crippen LogP contribution in [0, 0.1) is 0 Å². The summed E-state index contributed by atoms with van der Waals surface area (Å²) in [5, 5.41) is 10.6. The SMILES string of the molecule is COc1ccc(NC(=O)C2=C(C)Nc3ncnn3[C@@H]2c2cccc(OCc3ccccc3)c2)c(OC)c1. The van der Waals surface area contributed by atoms with Crippen molar-refractivity contribution in [3.8, 4) is 17.2 Å². The highest BCUT2D eigenvalue weighted by molar-refractivity contribution is 6.06. The van der Waals surface area contributed by atoms with Crippen LogP contribution in [0.3, 0.4) is 0 Å². The van der Waals surface area contributed by atoms with E-state index in [1.807, 2.05) is 61.5 Å². The van der Waals surface area contributed by atoms with Gasteiger partial charge in [-0.1, -0.05) is 42.5 Å². The van der Waals surface area contributed by atoms with E-state index in [4.69, 9.17) is 14.2 Å². The number of hydrogen-bond donors (Lipinski definition) is 2. The lowest BCUT2D eigenvalue weighted by Crippen LogP contribution is -2.31. The van der Waals surface area contributed by atoms with Gasteiger partial charge in [0.2, 0.25) is 5.95 Å². The largest absolute Gasteiger partial charge is 0.497 e. The maximum atomic E-state index is 13.7. The average Bonchev–Trinajstić information content (AvgIpc) is 3.40. The first kappa shape index (κ1) is 23.9. The van der Waals surface area contributed by atoms with Gasteiger partial charge in [-0.25, -0.2) is 4.68 Å². The number of methoxy groups -OCH3 is 2. The van der Waals surface area contributed by atoms with Crippen LogP contribution < -0.4 is 24.8 Å². The number of fused-ring (bicyclic) bond motifs is 1. The number of rotatable bonds is 8. The molecule has 0 fully saturated rings. The number of aromatic nitrogens is 3. The monoisotopic (exact) mass is 497 g/mol. The van der Waals surface area contributed by atoms with Crippen LogP contribution in [0.1, 0.15) is 24.1 Å². The summed E-state index contributed by atoms with van der Waals surface area (Å²) < 4.78 is 18.5. The zero-order valence-electron chi connectivity index (χ0n) is 20.8. The summed E-state index contributed by atoms with van der Waals surface area (Å²) in [7, 11) is 3.12. The zero-order valence-corrected chi connectivity index (χ0v) is 20.8. The molecule has 5 rings (SSSR count). The minimum atomic E-state index is -0.525. The number of anilines is 2. The third-order valence-corrected chi connectivity index (χ3v) is 6.12. The van der Waals surface area contributed by atoms with Crippen molar-refractivity contribution in [2.75, 3.05) is 24.9 Å². The minimum Gasteiger partial charge on any atom is -0.497 e. The number of nitrogens with zero attached hydrogens (tertiary/aromatic N) is 3. The maximum absolute atomic E-state index is 13.7. The van der Waals surface area contributed by atoms with Crippen molar-refractivity contribution in [1.82, 2.24) is 14.8 Å². The highest BCUT2D eigenvalue weighted by Crippen LogP contribution is 2.37. The van der Waals surface area contributed by atoms with E-state index in [1.54, 1.807) is 37.1 Å². The Morgan fingerprint density at radius 1 is 1.00 bits per heavy atom. The molecule has 1 aromatic heterocycles. The molecule has 0 saturated carbocycles. The van der Waals surface area contributed by atoms with E-state index in [-0.39, 0.29) is 5.91 Å². The molecule has 4 aromatic rings. The van der Waals surface area contributed by atoms with Gasteiger partial charge < -0.3 is 24.8 Å². The Bertz CT molecular complexity index is 1450. The fraction of sp³-hybridized carbons (Fsp3) is 0.179. The number of carbonyl (C=O) groups is 1. The van der Waals surface area contributed by atoms with Crippen molar-refractivity contribution in [2.24, 2.45) is 0 Å². The molecule has 2 N–H and O–H groups in total. The minimum absolute atomic E-state index is 0.296. The molecule has 37 heavy (non-hydrogen) atoms. The molecule has 1 amide bonds. The molecule has 1 aliphatic rings. The first-order valence-electron chi connectivity index (χ1n) is 11.7. The zero-order chi connectivity index (χ0) is 25.8. The van der Waals surface area contributed by atoms with Crippen LogP contribution in [0.2, 0.25) is 0 Å². The molecule has 0 radical (unpaired) electrons. The molecule has 0 unspecified atom stereocenters. The molecule has 188 valence electrons. The van der Waals surface area contributed by atoms with Crippen molar-refractivity contribution in [3.05, 3.63) is 102 Å². The van der Waals surface area contributed by atoms with Gasteiger partial charge in [-0.2, -0.15) is 10.1 Å². The van der Waals surface area contributed by atoms with Gasteiger partial charge in [0.25, 0.3) is 5.91 Å². The molecular weight excluding hydrogens is 470 g/mol. The quantitative estimate of drug-likeness (QED) is 0.361.